The molecule has 0 aliphatic rings. The number of carbonyl (C=O) groups excluding carboxylic acids is 1. The summed E-state index contributed by atoms with van der Waals surface area (Å²) in [5.41, 5.74) is 1.43. The van der Waals surface area contributed by atoms with Crippen LogP contribution in [0, 0.1) is 0 Å². The maximum atomic E-state index is 12.1. The Morgan fingerprint density at radius 2 is 1.90 bits per heavy atom. The van der Waals surface area contributed by atoms with Gasteiger partial charge in [0, 0.05) is 0 Å². The van der Waals surface area contributed by atoms with E-state index in [1.165, 1.54) is 18.2 Å². The van der Waals surface area contributed by atoms with E-state index < -0.39 is 0 Å². The highest BCUT2D eigenvalue weighted by molar-refractivity contribution is 6.33. The van der Waals surface area contributed by atoms with Crippen molar-refractivity contribution in [3.05, 3.63) is 70.3 Å². The van der Waals surface area contributed by atoms with Gasteiger partial charge in [0.15, 0.2) is 5.78 Å². The van der Waals surface area contributed by atoms with Crippen LogP contribution in [0.3, 0.4) is 0 Å². The Kier molecular flexibility index (Phi) is 4.56. The molecule has 2 N–H and O–H groups in total. The Balaban J connectivity index is 2.30. The Bertz CT molecular complexity index is 648. The van der Waals surface area contributed by atoms with E-state index in [9.17, 15) is 9.90 Å². The van der Waals surface area contributed by atoms with Crippen LogP contribution in [0.4, 0.5) is 0 Å². The van der Waals surface area contributed by atoms with Gasteiger partial charge in [-0.3, -0.25) is 4.79 Å². The van der Waals surface area contributed by atoms with E-state index in [-0.39, 0.29) is 28.7 Å². The van der Waals surface area contributed by atoms with Crippen molar-refractivity contribution >= 4 is 23.5 Å². The number of rotatable bonds is 4. The largest absolute Gasteiger partial charge is 0.506 e. The highest BCUT2D eigenvalue weighted by Gasteiger charge is 2.13. The molecule has 0 aromatic heterocycles. The summed E-state index contributed by atoms with van der Waals surface area (Å²) in [4.78, 5) is 12.1. The first-order valence-corrected chi connectivity index (χ1v) is 6.39. The van der Waals surface area contributed by atoms with Gasteiger partial charge in [0.25, 0.3) is 0 Å². The third-order valence-electron chi connectivity index (χ3n) is 2.80. The second kappa shape index (κ2) is 6.37. The number of aliphatic hydroxyl groups is 1. The average Bonchev–Trinajstić information content (AvgIpc) is 2.48. The van der Waals surface area contributed by atoms with Gasteiger partial charge in [-0.1, -0.05) is 48.0 Å². The van der Waals surface area contributed by atoms with Gasteiger partial charge in [0.1, 0.15) is 5.75 Å². The molecule has 20 heavy (non-hydrogen) atoms. The molecule has 0 heterocycles. The number of benzene rings is 2. The molecule has 4 heteroatoms. The lowest BCUT2D eigenvalue weighted by atomic mass is 10.0. The molecule has 0 atom stereocenters. The van der Waals surface area contributed by atoms with Crippen LogP contribution in [-0.2, 0) is 6.61 Å². The van der Waals surface area contributed by atoms with Crippen molar-refractivity contribution in [3.8, 4) is 5.75 Å². The fourth-order valence-electron chi connectivity index (χ4n) is 1.76. The Morgan fingerprint density at radius 1 is 1.20 bits per heavy atom. The fraction of sp³-hybridized carbons (Fsp3) is 0.0625. The molecule has 0 saturated carbocycles. The van der Waals surface area contributed by atoms with Crippen molar-refractivity contribution in [2.75, 3.05) is 0 Å². The summed E-state index contributed by atoms with van der Waals surface area (Å²) in [6, 6.07) is 12.2. The van der Waals surface area contributed by atoms with Crippen LogP contribution in [0.15, 0.2) is 48.5 Å². The second-order valence-electron chi connectivity index (χ2n) is 4.24. The monoisotopic (exact) mass is 288 g/mol. The smallest absolute Gasteiger partial charge is 0.189 e. The molecule has 0 fully saturated rings. The van der Waals surface area contributed by atoms with E-state index in [1.807, 2.05) is 30.3 Å². The SMILES string of the molecule is O=C(C=Cc1ccccc1)c1cc(CO)cc(Cl)c1O. The standard InChI is InChI=1S/C16H13ClO3/c17-14-9-12(10-18)8-13(16(14)20)15(19)7-6-11-4-2-1-3-5-11/h1-9,18,20H,10H2. The third kappa shape index (κ3) is 3.26. The molecule has 0 spiro atoms. The highest BCUT2D eigenvalue weighted by Crippen LogP contribution is 2.29. The van der Waals surface area contributed by atoms with Gasteiger partial charge < -0.3 is 10.2 Å². The van der Waals surface area contributed by atoms with Gasteiger partial charge in [0.05, 0.1) is 17.2 Å². The zero-order chi connectivity index (χ0) is 14.5. The second-order valence-corrected chi connectivity index (χ2v) is 4.65. The molecule has 0 radical (unpaired) electrons. The first-order valence-electron chi connectivity index (χ1n) is 6.01. The maximum Gasteiger partial charge on any atom is 0.189 e. The lowest BCUT2D eigenvalue weighted by Gasteiger charge is -2.06. The zero-order valence-electron chi connectivity index (χ0n) is 10.6. The molecule has 0 aliphatic heterocycles. The van der Waals surface area contributed by atoms with Crippen molar-refractivity contribution in [3.63, 3.8) is 0 Å². The van der Waals surface area contributed by atoms with E-state index in [4.69, 9.17) is 16.7 Å². The predicted octanol–water partition coefficient (Wildman–Crippen LogP) is 3.43. The Morgan fingerprint density at radius 3 is 2.55 bits per heavy atom. The molecule has 102 valence electrons. The molecular formula is C16H13ClO3. The normalized spacial score (nSPS) is 10.9. The lowest BCUT2D eigenvalue weighted by Crippen LogP contribution is -1.98. The van der Waals surface area contributed by atoms with Crippen molar-refractivity contribution in [2.24, 2.45) is 0 Å². The number of hydrogen-bond donors (Lipinski definition) is 2. The number of allylic oxidation sites excluding steroid dienone is 1. The Labute approximate surface area is 121 Å². The summed E-state index contributed by atoms with van der Waals surface area (Å²) in [6.07, 6.45) is 3.02. The van der Waals surface area contributed by atoms with E-state index in [1.54, 1.807) is 6.08 Å². The Hall–Kier alpha value is -2.10. The molecule has 2 aromatic rings. The molecular weight excluding hydrogens is 276 g/mol. The summed E-state index contributed by atoms with van der Waals surface area (Å²) in [5.74, 6) is -0.643. The number of phenolic OH excluding ortho intramolecular Hbond substituents is 1. The van der Waals surface area contributed by atoms with Crippen LogP contribution in [0.2, 0.25) is 5.02 Å². The molecule has 0 bridgehead atoms. The van der Waals surface area contributed by atoms with Gasteiger partial charge in [0.2, 0.25) is 0 Å². The minimum absolute atomic E-state index is 0.0491. The first kappa shape index (κ1) is 14.3. The van der Waals surface area contributed by atoms with Crippen molar-refractivity contribution in [1.29, 1.82) is 0 Å². The van der Waals surface area contributed by atoms with Crippen LogP contribution < -0.4 is 0 Å². The molecule has 0 unspecified atom stereocenters. The molecule has 3 nitrogen and oxygen atoms in total. The van der Waals surface area contributed by atoms with Gasteiger partial charge >= 0.3 is 0 Å². The minimum Gasteiger partial charge on any atom is -0.506 e. The van der Waals surface area contributed by atoms with Crippen LogP contribution in [-0.4, -0.2) is 16.0 Å². The number of carbonyl (C=O) groups is 1. The van der Waals surface area contributed by atoms with E-state index in [0.29, 0.717) is 5.56 Å². The lowest BCUT2D eigenvalue weighted by molar-refractivity contribution is 0.104. The fourth-order valence-corrected chi connectivity index (χ4v) is 2.00. The number of hydrogen-bond acceptors (Lipinski definition) is 3. The quantitative estimate of drug-likeness (QED) is 0.669. The molecule has 0 amide bonds. The zero-order valence-corrected chi connectivity index (χ0v) is 11.3. The number of halogens is 1. The molecule has 2 rings (SSSR count). The van der Waals surface area contributed by atoms with Gasteiger partial charge in [-0.25, -0.2) is 0 Å². The van der Waals surface area contributed by atoms with Crippen LogP contribution in [0.1, 0.15) is 21.5 Å². The van der Waals surface area contributed by atoms with Gasteiger partial charge in [-0.2, -0.15) is 0 Å². The minimum atomic E-state index is -0.372. The molecule has 0 saturated heterocycles. The number of aromatic hydroxyl groups is 1. The van der Waals surface area contributed by atoms with Crippen LogP contribution >= 0.6 is 11.6 Å². The summed E-state index contributed by atoms with van der Waals surface area (Å²) in [6.45, 7) is -0.247. The number of phenols is 1. The number of aliphatic hydroxyl groups excluding tert-OH is 1. The maximum absolute atomic E-state index is 12.1. The average molecular weight is 289 g/mol. The molecule has 2 aromatic carbocycles. The van der Waals surface area contributed by atoms with Crippen LogP contribution in [0.5, 0.6) is 5.75 Å². The molecule has 0 aliphatic carbocycles. The van der Waals surface area contributed by atoms with E-state index in [0.717, 1.165) is 5.56 Å². The topological polar surface area (TPSA) is 57.5 Å². The van der Waals surface area contributed by atoms with Crippen LogP contribution in [0.25, 0.3) is 6.08 Å². The summed E-state index contributed by atoms with van der Waals surface area (Å²) < 4.78 is 0. The van der Waals surface area contributed by atoms with E-state index in [2.05, 4.69) is 0 Å². The summed E-state index contributed by atoms with van der Waals surface area (Å²) in [7, 11) is 0. The van der Waals surface area contributed by atoms with Crippen molar-refractivity contribution in [2.45, 2.75) is 6.61 Å². The van der Waals surface area contributed by atoms with Crippen molar-refractivity contribution in [1.82, 2.24) is 0 Å². The number of ketones is 1. The van der Waals surface area contributed by atoms with Gasteiger partial charge in [-0.05, 0) is 29.3 Å². The van der Waals surface area contributed by atoms with Gasteiger partial charge in [-0.15, -0.1) is 0 Å². The highest BCUT2D eigenvalue weighted by atomic mass is 35.5. The third-order valence-corrected chi connectivity index (χ3v) is 3.09. The van der Waals surface area contributed by atoms with Crippen molar-refractivity contribution < 1.29 is 15.0 Å². The van der Waals surface area contributed by atoms with E-state index >= 15 is 0 Å². The predicted molar refractivity (Wildman–Crippen MR) is 78.8 cm³/mol. The first-order chi connectivity index (χ1) is 9.61. The summed E-state index contributed by atoms with van der Waals surface area (Å²) >= 11 is 5.82. The summed E-state index contributed by atoms with van der Waals surface area (Å²) in [5, 5.41) is 19.0.